The number of hydrogen-bond donors (Lipinski definition) is 0. The highest BCUT2D eigenvalue weighted by atomic mass is 31.2. The van der Waals surface area contributed by atoms with Crippen LogP contribution in [0.15, 0.2) is 219 Å². The fraction of sp³-hybridized carbons (Fsp3) is 0.568. The smallest absolute Gasteiger partial charge is 0.306 e. The van der Waals surface area contributed by atoms with Crippen LogP contribution < -0.4 is 4.89 Å². The lowest BCUT2D eigenvalue weighted by Gasteiger charge is -2.28. The largest absolute Gasteiger partial charge is 0.756 e. The van der Waals surface area contributed by atoms with E-state index in [0.29, 0.717) is 23.9 Å². The van der Waals surface area contributed by atoms with Gasteiger partial charge in [-0.2, -0.15) is 0 Å². The molecule has 0 amide bonds. The molecule has 0 aliphatic carbocycles. The van der Waals surface area contributed by atoms with Gasteiger partial charge in [-0.3, -0.25) is 14.2 Å². The zero-order chi connectivity index (χ0) is 71.1. The van der Waals surface area contributed by atoms with Gasteiger partial charge in [0.15, 0.2) is 6.10 Å². The summed E-state index contributed by atoms with van der Waals surface area (Å²) in [7, 11) is 1.13. The second-order valence-electron chi connectivity index (χ2n) is 25.9. The van der Waals surface area contributed by atoms with Gasteiger partial charge in [0.25, 0.3) is 7.82 Å². The number of phosphoric acid groups is 1. The molecule has 0 radical (unpaired) electrons. The van der Waals surface area contributed by atoms with Crippen LogP contribution >= 0.6 is 7.82 Å². The molecule has 9 nitrogen and oxygen atoms in total. The van der Waals surface area contributed by atoms with Crippen LogP contribution in [0.2, 0.25) is 0 Å². The van der Waals surface area contributed by atoms with Gasteiger partial charge in [0, 0.05) is 12.8 Å². The molecule has 0 saturated heterocycles. The first-order chi connectivity index (χ1) is 48.0. The predicted molar refractivity (Wildman–Crippen MR) is 424 cm³/mol. The maximum atomic E-state index is 12.9. The van der Waals surface area contributed by atoms with Crippen LogP contribution in [-0.2, 0) is 32.7 Å². The molecule has 2 unspecified atom stereocenters. The predicted octanol–water partition coefficient (Wildman–Crippen LogP) is 25.3. The Morgan fingerprint density at radius 1 is 0.316 bits per heavy atom. The molecule has 98 heavy (non-hydrogen) atoms. The minimum atomic E-state index is -4.67. The molecule has 10 heteroatoms. The number of ether oxygens (including phenoxy) is 2. The molecule has 0 N–H and O–H groups in total. The summed E-state index contributed by atoms with van der Waals surface area (Å²) in [5.41, 5.74) is 0. The van der Waals surface area contributed by atoms with E-state index >= 15 is 0 Å². The molecule has 0 aromatic rings. The minimum Gasteiger partial charge on any atom is -0.756 e. The van der Waals surface area contributed by atoms with E-state index in [2.05, 4.69) is 233 Å². The number of carbonyl (C=O) groups excluding carboxylic acids is 2. The van der Waals surface area contributed by atoms with E-state index in [-0.39, 0.29) is 26.1 Å². The number of carbonyl (C=O) groups is 2. The van der Waals surface area contributed by atoms with E-state index in [1.165, 1.54) is 64.2 Å². The number of phosphoric ester groups is 1. The van der Waals surface area contributed by atoms with Crippen molar-refractivity contribution >= 4 is 19.8 Å². The van der Waals surface area contributed by atoms with Crippen LogP contribution in [0.3, 0.4) is 0 Å². The Balaban J connectivity index is 4.13. The zero-order valence-corrected chi connectivity index (χ0v) is 63.5. The van der Waals surface area contributed by atoms with Crippen LogP contribution in [0.25, 0.3) is 0 Å². The molecule has 0 aliphatic rings. The molecule has 0 aromatic carbocycles. The van der Waals surface area contributed by atoms with Crippen LogP contribution in [0.1, 0.15) is 271 Å². The zero-order valence-electron chi connectivity index (χ0n) is 62.6. The van der Waals surface area contributed by atoms with Gasteiger partial charge in [0.1, 0.15) is 19.8 Å². The Labute approximate surface area is 601 Å². The lowest BCUT2D eigenvalue weighted by atomic mass is 10.0. The lowest BCUT2D eigenvalue weighted by molar-refractivity contribution is -0.870. The van der Waals surface area contributed by atoms with Gasteiger partial charge in [-0.25, -0.2) is 0 Å². The Morgan fingerprint density at radius 3 is 0.816 bits per heavy atom. The van der Waals surface area contributed by atoms with E-state index in [9.17, 15) is 19.0 Å². The molecule has 550 valence electrons. The summed E-state index contributed by atoms with van der Waals surface area (Å²) < 4.78 is 34.3. The first kappa shape index (κ1) is 92.3. The third-order valence-electron chi connectivity index (χ3n) is 15.5. The summed E-state index contributed by atoms with van der Waals surface area (Å²) in [4.78, 5) is 38.2. The van der Waals surface area contributed by atoms with Gasteiger partial charge >= 0.3 is 11.9 Å². The normalized spacial score (nSPS) is 14.3. The first-order valence-corrected chi connectivity index (χ1v) is 39.9. The van der Waals surface area contributed by atoms with Crippen molar-refractivity contribution in [2.24, 2.45) is 0 Å². The van der Waals surface area contributed by atoms with Gasteiger partial charge in [-0.05, 0) is 154 Å². The van der Waals surface area contributed by atoms with E-state index < -0.39 is 32.5 Å². The lowest BCUT2D eigenvalue weighted by Crippen LogP contribution is -2.37. The highest BCUT2D eigenvalue weighted by Crippen LogP contribution is 2.38. The van der Waals surface area contributed by atoms with Gasteiger partial charge < -0.3 is 27.9 Å². The molecule has 0 aliphatic heterocycles. The number of hydrogen-bond acceptors (Lipinski definition) is 8. The molecule has 0 heterocycles. The molecule has 0 spiro atoms. The standard InChI is InChI=1S/C88H140NO8P/c1-6-8-10-12-14-16-18-20-22-24-26-28-30-32-34-36-38-40-41-42-43-44-45-46-47-49-51-53-55-57-59-61-63-65-67-69-71-73-75-77-79-81-88(91)97-86(85-96-98(92,93)95-83-82-89(3,4)5)84-94-87(90)80-78-76-74-72-70-68-66-64-62-60-58-56-54-52-50-48-39-37-35-33-31-29-27-25-23-21-19-17-15-13-11-9-7-2/h8-11,14-17,20-23,26-29,32-35,38-40,42-43,45-46,48-49,51-52,54,58,60,64,66,86H,6-7,12-13,18-19,24-25,30-31,36-37,41,44,47,50,53,55-57,59,61-63,65,67-85H2,1-5H3/b10-8-,11-9-,16-14-,17-15-,22-20-,23-21-,28-26-,29-27-,34-32-,35-33-,40-38-,43-42-,46-45-,48-39-,51-49-,54-52-,60-58-,66-64-. The highest BCUT2D eigenvalue weighted by Gasteiger charge is 2.22. The molecule has 0 fully saturated rings. The number of quaternary nitrogens is 1. The number of rotatable bonds is 68. The summed E-state index contributed by atoms with van der Waals surface area (Å²) in [5, 5.41) is 0. The second-order valence-corrected chi connectivity index (χ2v) is 27.3. The molecule has 0 aromatic heterocycles. The molecular formula is C88H140NO8P. The molecule has 0 saturated carbocycles. The quantitative estimate of drug-likeness (QED) is 0.0195. The monoisotopic (exact) mass is 1370 g/mol. The molecule has 2 atom stereocenters. The number of likely N-dealkylation sites (N-methyl/N-ethyl adjacent to an activating group) is 1. The second kappa shape index (κ2) is 75.5. The Hall–Kier alpha value is -5.67. The minimum absolute atomic E-state index is 0.0454. The summed E-state index contributed by atoms with van der Waals surface area (Å²) in [6.45, 7) is 3.97. The topological polar surface area (TPSA) is 111 Å². The van der Waals surface area contributed by atoms with Crippen LogP contribution in [0.4, 0.5) is 0 Å². The van der Waals surface area contributed by atoms with Crippen LogP contribution in [0, 0.1) is 0 Å². The van der Waals surface area contributed by atoms with Crippen LogP contribution in [0.5, 0.6) is 0 Å². The molecule has 0 rings (SSSR count). The van der Waals surface area contributed by atoms with Crippen molar-refractivity contribution in [1.29, 1.82) is 0 Å². The van der Waals surface area contributed by atoms with E-state index in [4.69, 9.17) is 18.5 Å². The third-order valence-corrected chi connectivity index (χ3v) is 16.5. The average Bonchev–Trinajstić information content (AvgIpc) is 1.08. The fourth-order valence-electron chi connectivity index (χ4n) is 9.70. The Morgan fingerprint density at radius 2 is 0.551 bits per heavy atom. The highest BCUT2D eigenvalue weighted by molar-refractivity contribution is 7.45. The van der Waals surface area contributed by atoms with Crippen molar-refractivity contribution < 1.29 is 42.1 Å². The van der Waals surface area contributed by atoms with Crippen molar-refractivity contribution in [2.45, 2.75) is 277 Å². The maximum absolute atomic E-state index is 12.9. The summed E-state index contributed by atoms with van der Waals surface area (Å²) >= 11 is 0. The summed E-state index contributed by atoms with van der Waals surface area (Å²) in [5.74, 6) is -0.869. The average molecular weight is 1370 g/mol. The maximum Gasteiger partial charge on any atom is 0.306 e. The fourth-order valence-corrected chi connectivity index (χ4v) is 10.4. The van der Waals surface area contributed by atoms with Gasteiger partial charge in [-0.15, -0.1) is 0 Å². The van der Waals surface area contributed by atoms with E-state index in [1.807, 2.05) is 21.1 Å². The molecule has 0 bridgehead atoms. The van der Waals surface area contributed by atoms with Crippen molar-refractivity contribution in [3.8, 4) is 0 Å². The van der Waals surface area contributed by atoms with Crippen molar-refractivity contribution in [3.05, 3.63) is 219 Å². The van der Waals surface area contributed by atoms with Crippen molar-refractivity contribution in [2.75, 3.05) is 47.5 Å². The van der Waals surface area contributed by atoms with Gasteiger partial charge in [0.05, 0.1) is 27.7 Å². The Bertz CT molecular complexity index is 2460. The number of esters is 2. The van der Waals surface area contributed by atoms with Gasteiger partial charge in [0.2, 0.25) is 0 Å². The SMILES string of the molecule is CC/C=C\C/C=C\C/C=C\C/C=C\C/C=C\C/C=C\C/C=C\C/C=C\C/C=C\CCCCCCCCCCCCCCCC(=O)OC(COC(=O)CCCCCCC/C=C\C/C=C\C/C=C\C/C=C\C/C=C\C/C=C\C/C=C\C/C=C\C/C=C\CC)COP(=O)([O-])OCC[N+](C)(C)C. The van der Waals surface area contributed by atoms with Gasteiger partial charge in [-0.1, -0.05) is 322 Å². The summed E-state index contributed by atoms with van der Waals surface area (Å²) in [6.07, 6.45) is 120. The number of nitrogens with zero attached hydrogens (tertiary/aromatic N) is 1. The molecular weight excluding hydrogens is 1230 g/mol. The first-order valence-electron chi connectivity index (χ1n) is 38.4. The number of unbranched alkanes of at least 4 members (excludes halogenated alkanes) is 18. The van der Waals surface area contributed by atoms with Crippen molar-refractivity contribution in [3.63, 3.8) is 0 Å². The van der Waals surface area contributed by atoms with Crippen LogP contribution in [-0.4, -0.2) is 70.0 Å². The number of allylic oxidation sites excluding steroid dienone is 36. The van der Waals surface area contributed by atoms with E-state index in [0.717, 1.165) is 167 Å². The third kappa shape index (κ3) is 79.3. The van der Waals surface area contributed by atoms with Crippen molar-refractivity contribution in [1.82, 2.24) is 0 Å². The summed E-state index contributed by atoms with van der Waals surface area (Å²) in [6, 6.07) is 0. The van der Waals surface area contributed by atoms with E-state index in [1.54, 1.807) is 0 Å². The Kier molecular flexibility index (Phi) is 71.2.